The Kier molecular flexibility index (Phi) is 3.58. The van der Waals surface area contributed by atoms with Crippen molar-refractivity contribution >= 4 is 21.7 Å². The second-order valence-corrected chi connectivity index (χ2v) is 4.07. The second-order valence-electron chi connectivity index (χ2n) is 3.21. The molecule has 0 fully saturated rings. The van der Waals surface area contributed by atoms with Crippen LogP contribution in [-0.4, -0.2) is 5.78 Å². The Morgan fingerprint density at radius 1 is 1.43 bits per heavy atom. The highest BCUT2D eigenvalue weighted by molar-refractivity contribution is 9.10. The molecular formula is C11H10BrFO. The fourth-order valence-electron chi connectivity index (χ4n) is 0.995. The molecule has 0 aliphatic rings. The van der Waals surface area contributed by atoms with E-state index in [1.165, 1.54) is 24.3 Å². The first kappa shape index (κ1) is 11.1. The molecule has 74 valence electrons. The van der Waals surface area contributed by atoms with E-state index >= 15 is 0 Å². The zero-order chi connectivity index (χ0) is 10.7. The fourth-order valence-corrected chi connectivity index (χ4v) is 1.37. The summed E-state index contributed by atoms with van der Waals surface area (Å²) < 4.78 is 13.2. The van der Waals surface area contributed by atoms with Crippen LogP contribution in [0.1, 0.15) is 24.2 Å². The fraction of sp³-hybridized carbons (Fsp3) is 0.182. The van der Waals surface area contributed by atoms with Crippen LogP contribution in [-0.2, 0) is 0 Å². The van der Waals surface area contributed by atoms with E-state index in [0.717, 1.165) is 5.57 Å². The zero-order valence-electron chi connectivity index (χ0n) is 7.97. The first-order valence-corrected chi connectivity index (χ1v) is 4.94. The number of benzene rings is 1. The number of hydrogen-bond acceptors (Lipinski definition) is 1. The van der Waals surface area contributed by atoms with Crippen molar-refractivity contribution in [2.24, 2.45) is 0 Å². The molecule has 0 atom stereocenters. The first-order valence-electron chi connectivity index (χ1n) is 4.15. The van der Waals surface area contributed by atoms with Crippen molar-refractivity contribution in [2.75, 3.05) is 0 Å². The predicted octanol–water partition coefficient (Wildman–Crippen LogP) is 3.74. The predicted molar refractivity (Wildman–Crippen MR) is 57.9 cm³/mol. The molecule has 0 saturated heterocycles. The van der Waals surface area contributed by atoms with Crippen LogP contribution in [0.4, 0.5) is 4.39 Å². The van der Waals surface area contributed by atoms with Gasteiger partial charge in [0.2, 0.25) is 0 Å². The summed E-state index contributed by atoms with van der Waals surface area (Å²) >= 11 is 3.03. The van der Waals surface area contributed by atoms with Gasteiger partial charge in [-0.15, -0.1) is 0 Å². The number of hydrogen-bond donors (Lipinski definition) is 0. The molecule has 0 saturated carbocycles. The van der Waals surface area contributed by atoms with Crippen molar-refractivity contribution in [3.8, 4) is 0 Å². The van der Waals surface area contributed by atoms with E-state index in [9.17, 15) is 9.18 Å². The number of rotatable bonds is 2. The van der Waals surface area contributed by atoms with E-state index in [1.54, 1.807) is 0 Å². The quantitative estimate of drug-likeness (QED) is 0.582. The Morgan fingerprint density at radius 2 is 2.07 bits per heavy atom. The van der Waals surface area contributed by atoms with E-state index in [2.05, 4.69) is 15.9 Å². The van der Waals surface area contributed by atoms with Crippen LogP contribution in [0.3, 0.4) is 0 Å². The van der Waals surface area contributed by atoms with Gasteiger partial charge in [-0.2, -0.15) is 0 Å². The molecule has 0 heterocycles. The molecule has 1 aromatic carbocycles. The van der Waals surface area contributed by atoms with E-state index in [4.69, 9.17) is 0 Å². The minimum atomic E-state index is -0.362. The summed E-state index contributed by atoms with van der Waals surface area (Å²) in [5.74, 6) is -0.468. The lowest BCUT2D eigenvalue weighted by Gasteiger charge is -1.98. The summed E-state index contributed by atoms with van der Waals surface area (Å²) in [5.41, 5.74) is 1.41. The van der Waals surface area contributed by atoms with Crippen LogP contribution in [0.2, 0.25) is 0 Å². The lowest BCUT2D eigenvalue weighted by Crippen LogP contribution is -1.95. The van der Waals surface area contributed by atoms with Crippen LogP contribution in [0.25, 0.3) is 0 Å². The van der Waals surface area contributed by atoms with Crippen LogP contribution in [0.15, 0.2) is 34.3 Å². The molecule has 0 spiro atoms. The molecule has 0 amide bonds. The number of carbonyl (C=O) groups is 1. The third-order valence-corrected chi connectivity index (χ3v) is 2.23. The highest BCUT2D eigenvalue weighted by Crippen LogP contribution is 2.17. The number of halogens is 2. The summed E-state index contributed by atoms with van der Waals surface area (Å²) in [5, 5.41) is 0. The molecule has 0 unspecified atom stereocenters. The Morgan fingerprint density at radius 3 is 2.57 bits per heavy atom. The van der Waals surface area contributed by atoms with Crippen molar-refractivity contribution in [1.82, 2.24) is 0 Å². The van der Waals surface area contributed by atoms with Gasteiger partial charge in [0.25, 0.3) is 0 Å². The number of allylic oxidation sites excluding steroid dienone is 2. The molecule has 1 rings (SSSR count). The smallest absolute Gasteiger partial charge is 0.185 e. The molecule has 0 radical (unpaired) electrons. The first-order chi connectivity index (χ1) is 6.50. The zero-order valence-corrected chi connectivity index (χ0v) is 9.56. The molecule has 14 heavy (non-hydrogen) atoms. The maximum absolute atomic E-state index is 12.9. The van der Waals surface area contributed by atoms with Gasteiger partial charge in [0.15, 0.2) is 5.78 Å². The highest BCUT2D eigenvalue weighted by Gasteiger charge is 2.05. The maximum atomic E-state index is 12.9. The number of carbonyl (C=O) groups excluding carboxylic acids is 1. The molecule has 0 aromatic heterocycles. The number of ketones is 1. The van der Waals surface area contributed by atoms with Gasteiger partial charge in [-0.3, -0.25) is 4.79 Å². The van der Waals surface area contributed by atoms with Gasteiger partial charge < -0.3 is 0 Å². The van der Waals surface area contributed by atoms with Crippen molar-refractivity contribution < 1.29 is 9.18 Å². The molecular weight excluding hydrogens is 247 g/mol. The van der Waals surface area contributed by atoms with Gasteiger partial charge in [0.05, 0.1) is 4.47 Å². The van der Waals surface area contributed by atoms with Crippen molar-refractivity contribution in [3.05, 3.63) is 45.7 Å². The van der Waals surface area contributed by atoms with Crippen molar-refractivity contribution in [1.29, 1.82) is 0 Å². The van der Waals surface area contributed by atoms with Gasteiger partial charge in [-0.1, -0.05) is 5.57 Å². The van der Waals surface area contributed by atoms with Crippen molar-refractivity contribution in [3.63, 3.8) is 0 Å². The lowest BCUT2D eigenvalue weighted by atomic mass is 10.1. The van der Waals surface area contributed by atoms with E-state index in [-0.39, 0.29) is 11.6 Å². The summed E-state index contributed by atoms with van der Waals surface area (Å²) in [6, 6.07) is 4.23. The molecule has 0 aliphatic carbocycles. The summed E-state index contributed by atoms with van der Waals surface area (Å²) in [6.07, 6.45) is 1.53. The standard InChI is InChI=1S/C11H10BrFO/c1-7(2)5-11(14)8-3-4-10(13)9(12)6-8/h3-6H,1-2H3. The molecule has 0 aliphatic heterocycles. The maximum Gasteiger partial charge on any atom is 0.185 e. The summed E-state index contributed by atoms with van der Waals surface area (Å²) in [4.78, 5) is 11.5. The van der Waals surface area contributed by atoms with Gasteiger partial charge in [0.1, 0.15) is 5.82 Å². The van der Waals surface area contributed by atoms with Gasteiger partial charge >= 0.3 is 0 Å². The SMILES string of the molecule is CC(C)=CC(=O)c1ccc(F)c(Br)c1. The molecule has 0 N–H and O–H groups in total. The molecule has 1 nitrogen and oxygen atoms in total. The minimum absolute atomic E-state index is 0.106. The van der Waals surface area contributed by atoms with E-state index in [0.29, 0.717) is 10.0 Å². The second kappa shape index (κ2) is 4.51. The summed E-state index contributed by atoms with van der Waals surface area (Å²) in [6.45, 7) is 3.69. The highest BCUT2D eigenvalue weighted by atomic mass is 79.9. The monoisotopic (exact) mass is 256 g/mol. The average molecular weight is 257 g/mol. The van der Waals surface area contributed by atoms with Crippen LogP contribution in [0, 0.1) is 5.82 Å². The Bertz CT molecular complexity index is 392. The van der Waals surface area contributed by atoms with Gasteiger partial charge in [0, 0.05) is 5.56 Å². The largest absolute Gasteiger partial charge is 0.289 e. The molecule has 0 bridgehead atoms. The van der Waals surface area contributed by atoms with Crippen molar-refractivity contribution in [2.45, 2.75) is 13.8 Å². The minimum Gasteiger partial charge on any atom is -0.289 e. The lowest BCUT2D eigenvalue weighted by molar-refractivity contribution is 0.104. The van der Waals surface area contributed by atoms with Crippen LogP contribution >= 0.6 is 15.9 Å². The van der Waals surface area contributed by atoms with Crippen LogP contribution < -0.4 is 0 Å². The topological polar surface area (TPSA) is 17.1 Å². The Hall–Kier alpha value is -0.960. The van der Waals surface area contributed by atoms with E-state index in [1.807, 2.05) is 13.8 Å². The van der Waals surface area contributed by atoms with Gasteiger partial charge in [-0.05, 0) is 54.1 Å². The van der Waals surface area contributed by atoms with Gasteiger partial charge in [-0.25, -0.2) is 4.39 Å². The Balaban J connectivity index is 3.03. The third-order valence-electron chi connectivity index (χ3n) is 1.62. The summed E-state index contributed by atoms with van der Waals surface area (Å²) in [7, 11) is 0. The third kappa shape index (κ3) is 2.77. The average Bonchev–Trinajstić information content (AvgIpc) is 2.08. The van der Waals surface area contributed by atoms with Crippen LogP contribution in [0.5, 0.6) is 0 Å². The normalized spacial score (nSPS) is 9.71. The molecule has 3 heteroatoms. The van der Waals surface area contributed by atoms with E-state index < -0.39 is 0 Å². The Labute approximate surface area is 90.8 Å². The molecule has 1 aromatic rings.